The number of hydrogen-bond donors (Lipinski definition) is 1. The van der Waals surface area contributed by atoms with Crippen LogP contribution in [0.25, 0.3) is 0 Å². The largest absolute Gasteiger partial charge is 0.324 e. The van der Waals surface area contributed by atoms with E-state index in [4.69, 9.17) is 28.9 Å². The predicted octanol–water partition coefficient (Wildman–Crippen LogP) is 3.52. The van der Waals surface area contributed by atoms with Crippen LogP contribution in [0.2, 0.25) is 10.0 Å². The second-order valence-corrected chi connectivity index (χ2v) is 5.65. The fourth-order valence-corrected chi connectivity index (χ4v) is 3.45. The van der Waals surface area contributed by atoms with Gasteiger partial charge in [0.15, 0.2) is 0 Å². The Morgan fingerprint density at radius 2 is 1.53 bits per heavy atom. The third-order valence-corrected chi connectivity index (χ3v) is 4.56. The summed E-state index contributed by atoms with van der Waals surface area (Å²) in [5, 5.41) is 1.55. The minimum atomic E-state index is -0.0262. The normalized spacial score (nSPS) is 25.0. The molecule has 1 nitrogen and oxygen atoms in total. The Kier molecular flexibility index (Phi) is 1.93. The molecule has 3 rings (SSSR count). The van der Waals surface area contributed by atoms with Crippen molar-refractivity contribution >= 4 is 23.2 Å². The molecular weight excluding hydrogens is 229 g/mol. The lowest BCUT2D eigenvalue weighted by Gasteiger charge is -2.25. The molecule has 0 spiro atoms. The molecule has 0 radical (unpaired) electrons. The number of halogens is 2. The molecule has 2 saturated carbocycles. The van der Waals surface area contributed by atoms with Crippen molar-refractivity contribution in [1.82, 2.24) is 0 Å². The van der Waals surface area contributed by atoms with Gasteiger partial charge in [-0.2, -0.15) is 0 Å². The quantitative estimate of drug-likeness (QED) is 0.843. The summed E-state index contributed by atoms with van der Waals surface area (Å²) < 4.78 is 0. The Hall–Kier alpha value is -0.240. The van der Waals surface area contributed by atoms with Crippen LogP contribution in [0.5, 0.6) is 0 Å². The van der Waals surface area contributed by atoms with Gasteiger partial charge in [-0.05, 0) is 43.4 Å². The second-order valence-electron chi connectivity index (χ2n) is 4.83. The van der Waals surface area contributed by atoms with E-state index in [-0.39, 0.29) is 11.0 Å². The molecule has 2 aliphatic carbocycles. The molecule has 0 aromatic heterocycles. The van der Waals surface area contributed by atoms with Crippen molar-refractivity contribution in [1.29, 1.82) is 0 Å². The van der Waals surface area contributed by atoms with Gasteiger partial charge in [0.05, 0.1) is 0 Å². The van der Waals surface area contributed by atoms with Gasteiger partial charge in [-0.15, -0.1) is 0 Å². The standard InChI is InChI=1S/C12H13Cl2N/c13-8-2-1-3-9(14)10(8)11(4-5-11)12(15)6-7-12/h1-3H,4-7,15H2. The van der Waals surface area contributed by atoms with E-state index in [0.717, 1.165) is 41.3 Å². The average molecular weight is 242 g/mol. The van der Waals surface area contributed by atoms with Gasteiger partial charge >= 0.3 is 0 Å². The second kappa shape index (κ2) is 2.91. The van der Waals surface area contributed by atoms with Crippen molar-refractivity contribution in [2.45, 2.75) is 36.6 Å². The smallest absolute Gasteiger partial charge is 0.0459 e. The van der Waals surface area contributed by atoms with Crippen molar-refractivity contribution < 1.29 is 0 Å². The Labute approximate surface area is 99.6 Å². The van der Waals surface area contributed by atoms with E-state index in [1.807, 2.05) is 18.2 Å². The summed E-state index contributed by atoms with van der Waals surface area (Å²) in [5.74, 6) is 0. The first kappa shape index (κ1) is 9.95. The molecule has 1 aromatic rings. The monoisotopic (exact) mass is 241 g/mol. The van der Waals surface area contributed by atoms with Gasteiger partial charge in [0, 0.05) is 21.0 Å². The van der Waals surface area contributed by atoms with E-state index in [1.54, 1.807) is 0 Å². The van der Waals surface area contributed by atoms with Crippen molar-refractivity contribution in [3.8, 4) is 0 Å². The molecule has 2 aliphatic rings. The third kappa shape index (κ3) is 1.27. The first-order valence-corrected chi connectivity index (χ1v) is 6.08. The van der Waals surface area contributed by atoms with Gasteiger partial charge in [-0.25, -0.2) is 0 Å². The SMILES string of the molecule is NC1(C2(c3c(Cl)cccc3Cl)CC2)CC1. The highest BCUT2D eigenvalue weighted by Gasteiger charge is 2.65. The summed E-state index contributed by atoms with van der Waals surface area (Å²) in [6, 6.07) is 5.71. The summed E-state index contributed by atoms with van der Waals surface area (Å²) in [7, 11) is 0. The molecule has 80 valence electrons. The molecule has 0 bridgehead atoms. The molecule has 0 saturated heterocycles. The first-order valence-electron chi connectivity index (χ1n) is 5.32. The maximum atomic E-state index is 6.34. The van der Waals surface area contributed by atoms with E-state index >= 15 is 0 Å². The molecule has 0 aliphatic heterocycles. The van der Waals surface area contributed by atoms with E-state index in [9.17, 15) is 0 Å². The van der Waals surface area contributed by atoms with Crippen molar-refractivity contribution in [2.24, 2.45) is 5.73 Å². The Morgan fingerprint density at radius 1 is 1.00 bits per heavy atom. The minimum Gasteiger partial charge on any atom is -0.324 e. The van der Waals surface area contributed by atoms with Crippen LogP contribution in [-0.4, -0.2) is 5.54 Å². The van der Waals surface area contributed by atoms with E-state index in [2.05, 4.69) is 0 Å². The van der Waals surface area contributed by atoms with Crippen LogP contribution in [0.3, 0.4) is 0 Å². The Bertz CT molecular complexity index is 399. The molecule has 2 fully saturated rings. The first-order chi connectivity index (χ1) is 7.09. The summed E-state index contributed by atoms with van der Waals surface area (Å²) in [5.41, 5.74) is 7.49. The summed E-state index contributed by atoms with van der Waals surface area (Å²) in [4.78, 5) is 0. The lowest BCUT2D eigenvalue weighted by molar-refractivity contribution is 0.503. The lowest BCUT2D eigenvalue weighted by atomic mass is 9.86. The molecule has 1 aromatic carbocycles. The highest BCUT2D eigenvalue weighted by Crippen LogP contribution is 2.65. The molecule has 0 atom stereocenters. The topological polar surface area (TPSA) is 26.0 Å². The highest BCUT2D eigenvalue weighted by atomic mass is 35.5. The number of benzene rings is 1. The molecule has 0 amide bonds. The highest BCUT2D eigenvalue weighted by molar-refractivity contribution is 6.36. The summed E-state index contributed by atoms with van der Waals surface area (Å²) in [6.45, 7) is 0. The fourth-order valence-electron chi connectivity index (χ4n) is 2.69. The lowest BCUT2D eigenvalue weighted by Crippen LogP contribution is -2.37. The van der Waals surface area contributed by atoms with Gasteiger partial charge in [-0.3, -0.25) is 0 Å². The molecule has 15 heavy (non-hydrogen) atoms. The molecule has 0 unspecified atom stereocenters. The molecule has 2 N–H and O–H groups in total. The zero-order valence-electron chi connectivity index (χ0n) is 8.39. The number of nitrogens with two attached hydrogens (primary N) is 1. The van der Waals surface area contributed by atoms with Crippen LogP contribution in [-0.2, 0) is 5.41 Å². The van der Waals surface area contributed by atoms with Crippen molar-refractivity contribution in [2.75, 3.05) is 0 Å². The van der Waals surface area contributed by atoms with Gasteiger partial charge in [0.2, 0.25) is 0 Å². The number of hydrogen-bond acceptors (Lipinski definition) is 1. The average Bonchev–Trinajstić information content (AvgIpc) is 3.02. The third-order valence-electron chi connectivity index (χ3n) is 3.93. The van der Waals surface area contributed by atoms with Crippen molar-refractivity contribution in [3.05, 3.63) is 33.8 Å². The Balaban J connectivity index is 2.13. The summed E-state index contributed by atoms with van der Waals surface area (Å²) >= 11 is 12.5. The molecule has 3 heteroatoms. The van der Waals surface area contributed by atoms with Crippen LogP contribution in [0, 0.1) is 0 Å². The van der Waals surface area contributed by atoms with E-state index in [0.29, 0.717) is 0 Å². The maximum Gasteiger partial charge on any atom is 0.0459 e. The van der Waals surface area contributed by atoms with Crippen LogP contribution < -0.4 is 5.73 Å². The zero-order chi connectivity index (χ0) is 10.7. The van der Waals surface area contributed by atoms with Gasteiger partial charge in [0.25, 0.3) is 0 Å². The zero-order valence-corrected chi connectivity index (χ0v) is 9.91. The van der Waals surface area contributed by atoms with Gasteiger partial charge in [-0.1, -0.05) is 29.3 Å². The van der Waals surface area contributed by atoms with Crippen LogP contribution >= 0.6 is 23.2 Å². The maximum absolute atomic E-state index is 6.34. The van der Waals surface area contributed by atoms with Crippen molar-refractivity contribution in [3.63, 3.8) is 0 Å². The minimum absolute atomic E-state index is 0.0262. The summed E-state index contributed by atoms with van der Waals surface area (Å²) in [6.07, 6.45) is 4.48. The Morgan fingerprint density at radius 3 is 1.93 bits per heavy atom. The number of rotatable bonds is 2. The predicted molar refractivity (Wildman–Crippen MR) is 63.5 cm³/mol. The van der Waals surface area contributed by atoms with Gasteiger partial charge in [0.1, 0.15) is 0 Å². The fraction of sp³-hybridized carbons (Fsp3) is 0.500. The van der Waals surface area contributed by atoms with Crippen LogP contribution in [0.1, 0.15) is 31.2 Å². The van der Waals surface area contributed by atoms with Crippen LogP contribution in [0.15, 0.2) is 18.2 Å². The van der Waals surface area contributed by atoms with Gasteiger partial charge < -0.3 is 5.73 Å². The van der Waals surface area contributed by atoms with E-state index < -0.39 is 0 Å². The van der Waals surface area contributed by atoms with Crippen LogP contribution in [0.4, 0.5) is 0 Å². The molecule has 0 heterocycles. The molecular formula is C12H13Cl2N. The van der Waals surface area contributed by atoms with E-state index in [1.165, 1.54) is 0 Å².